The third kappa shape index (κ3) is 3.14. The standard InChI is InChI=1S/C15H21NO2S/c17-10-13-3-1-12(2-4-13)9-16-6-8-19-15-11-18-7-5-14(15)16/h1-4,14-15,17H,5-11H2. The number of ether oxygens (including phenoxy) is 1. The van der Waals surface area contributed by atoms with Crippen molar-refractivity contribution < 1.29 is 9.84 Å². The summed E-state index contributed by atoms with van der Waals surface area (Å²) < 4.78 is 5.59. The van der Waals surface area contributed by atoms with Crippen molar-refractivity contribution >= 4 is 11.8 Å². The molecule has 0 aromatic heterocycles. The first-order chi connectivity index (χ1) is 9.36. The maximum atomic E-state index is 9.08. The fourth-order valence-electron chi connectivity index (χ4n) is 2.95. The van der Waals surface area contributed by atoms with Crippen LogP contribution in [0.15, 0.2) is 24.3 Å². The van der Waals surface area contributed by atoms with E-state index >= 15 is 0 Å². The van der Waals surface area contributed by atoms with Gasteiger partial charge in [0.2, 0.25) is 0 Å². The summed E-state index contributed by atoms with van der Waals surface area (Å²) in [6.45, 7) is 4.14. The van der Waals surface area contributed by atoms with Crippen LogP contribution in [0.25, 0.3) is 0 Å². The van der Waals surface area contributed by atoms with Crippen molar-refractivity contribution in [2.24, 2.45) is 0 Å². The first-order valence-corrected chi connectivity index (χ1v) is 8.04. The molecule has 3 nitrogen and oxygen atoms in total. The molecule has 4 heteroatoms. The quantitative estimate of drug-likeness (QED) is 0.916. The molecule has 104 valence electrons. The van der Waals surface area contributed by atoms with Gasteiger partial charge in [-0.05, 0) is 17.5 Å². The van der Waals surface area contributed by atoms with Crippen molar-refractivity contribution in [3.05, 3.63) is 35.4 Å². The minimum atomic E-state index is 0.128. The Morgan fingerprint density at radius 3 is 2.84 bits per heavy atom. The molecule has 2 aliphatic rings. The molecule has 2 saturated heterocycles. The van der Waals surface area contributed by atoms with Crippen LogP contribution >= 0.6 is 11.8 Å². The minimum absolute atomic E-state index is 0.128. The third-order valence-corrected chi connectivity index (χ3v) is 5.34. The van der Waals surface area contributed by atoms with E-state index in [-0.39, 0.29) is 6.61 Å². The zero-order valence-electron chi connectivity index (χ0n) is 11.1. The van der Waals surface area contributed by atoms with Crippen LogP contribution in [0, 0.1) is 0 Å². The van der Waals surface area contributed by atoms with Crippen LogP contribution < -0.4 is 0 Å². The maximum Gasteiger partial charge on any atom is 0.0681 e. The highest BCUT2D eigenvalue weighted by Gasteiger charge is 2.34. The van der Waals surface area contributed by atoms with E-state index in [0.717, 1.165) is 31.7 Å². The van der Waals surface area contributed by atoms with E-state index in [2.05, 4.69) is 28.8 Å². The Balaban J connectivity index is 1.66. The van der Waals surface area contributed by atoms with Crippen LogP contribution in [0.2, 0.25) is 0 Å². The molecule has 0 spiro atoms. The lowest BCUT2D eigenvalue weighted by Crippen LogP contribution is -2.51. The predicted molar refractivity (Wildman–Crippen MR) is 78.2 cm³/mol. The summed E-state index contributed by atoms with van der Waals surface area (Å²) in [6, 6.07) is 9.00. The number of aliphatic hydroxyl groups is 1. The van der Waals surface area contributed by atoms with Gasteiger partial charge in [-0.25, -0.2) is 0 Å². The van der Waals surface area contributed by atoms with Gasteiger partial charge in [-0.3, -0.25) is 4.90 Å². The molecule has 1 N–H and O–H groups in total. The summed E-state index contributed by atoms with van der Waals surface area (Å²) in [6.07, 6.45) is 1.16. The summed E-state index contributed by atoms with van der Waals surface area (Å²) in [5.74, 6) is 1.21. The molecular weight excluding hydrogens is 258 g/mol. The molecular formula is C15H21NO2S. The van der Waals surface area contributed by atoms with Crippen LogP contribution in [-0.4, -0.2) is 46.8 Å². The first kappa shape index (κ1) is 13.4. The average molecular weight is 279 g/mol. The van der Waals surface area contributed by atoms with Crippen LogP contribution in [0.5, 0.6) is 0 Å². The Morgan fingerprint density at radius 2 is 2.05 bits per heavy atom. The van der Waals surface area contributed by atoms with Crippen molar-refractivity contribution in [2.75, 3.05) is 25.5 Å². The van der Waals surface area contributed by atoms with Crippen molar-refractivity contribution in [2.45, 2.75) is 30.9 Å². The van der Waals surface area contributed by atoms with Gasteiger partial charge in [-0.2, -0.15) is 11.8 Å². The van der Waals surface area contributed by atoms with E-state index < -0.39 is 0 Å². The predicted octanol–water partition coefficient (Wildman–Crippen LogP) is 1.89. The topological polar surface area (TPSA) is 32.7 Å². The van der Waals surface area contributed by atoms with E-state index in [1.807, 2.05) is 12.1 Å². The molecule has 2 aliphatic heterocycles. The van der Waals surface area contributed by atoms with Gasteiger partial charge in [-0.15, -0.1) is 0 Å². The fourth-order valence-corrected chi connectivity index (χ4v) is 4.31. The Morgan fingerprint density at radius 1 is 1.26 bits per heavy atom. The molecule has 0 bridgehead atoms. The highest BCUT2D eigenvalue weighted by Crippen LogP contribution is 2.31. The number of hydrogen-bond acceptors (Lipinski definition) is 4. The first-order valence-electron chi connectivity index (χ1n) is 6.99. The number of rotatable bonds is 3. The molecule has 1 aromatic carbocycles. The lowest BCUT2D eigenvalue weighted by molar-refractivity contribution is 0.0351. The lowest BCUT2D eigenvalue weighted by atomic mass is 10.0. The van der Waals surface area contributed by atoms with E-state index in [9.17, 15) is 0 Å². The lowest BCUT2D eigenvalue weighted by Gasteiger charge is -2.43. The maximum absolute atomic E-state index is 9.08. The van der Waals surface area contributed by atoms with Crippen LogP contribution in [0.1, 0.15) is 17.5 Å². The van der Waals surface area contributed by atoms with Gasteiger partial charge >= 0.3 is 0 Å². The van der Waals surface area contributed by atoms with Crippen molar-refractivity contribution in [3.8, 4) is 0 Å². The molecule has 2 atom stereocenters. The molecule has 19 heavy (non-hydrogen) atoms. The number of hydrogen-bond donors (Lipinski definition) is 1. The zero-order chi connectivity index (χ0) is 13.1. The molecule has 0 aliphatic carbocycles. The number of nitrogens with zero attached hydrogens (tertiary/aromatic N) is 1. The van der Waals surface area contributed by atoms with Gasteiger partial charge in [0.05, 0.1) is 13.2 Å². The molecule has 2 fully saturated rings. The van der Waals surface area contributed by atoms with Gasteiger partial charge in [0.15, 0.2) is 0 Å². The molecule has 0 amide bonds. The molecule has 3 rings (SSSR count). The monoisotopic (exact) mass is 279 g/mol. The van der Waals surface area contributed by atoms with Crippen molar-refractivity contribution in [1.82, 2.24) is 4.90 Å². The second kappa shape index (κ2) is 6.27. The Kier molecular flexibility index (Phi) is 4.43. The van der Waals surface area contributed by atoms with Crippen LogP contribution in [0.3, 0.4) is 0 Å². The smallest absolute Gasteiger partial charge is 0.0681 e. The molecule has 2 unspecified atom stereocenters. The fraction of sp³-hybridized carbons (Fsp3) is 0.600. The SMILES string of the molecule is OCc1ccc(CN2CCSC3COCCC32)cc1. The van der Waals surface area contributed by atoms with E-state index in [4.69, 9.17) is 9.84 Å². The number of benzene rings is 1. The van der Waals surface area contributed by atoms with Crippen molar-refractivity contribution in [1.29, 1.82) is 0 Å². The van der Waals surface area contributed by atoms with E-state index in [0.29, 0.717) is 11.3 Å². The Hall–Kier alpha value is -0.550. The van der Waals surface area contributed by atoms with Crippen molar-refractivity contribution in [3.63, 3.8) is 0 Å². The molecule has 0 saturated carbocycles. The summed E-state index contributed by atoms with van der Waals surface area (Å²) in [4.78, 5) is 2.61. The van der Waals surface area contributed by atoms with Crippen LogP contribution in [-0.2, 0) is 17.9 Å². The third-order valence-electron chi connectivity index (χ3n) is 4.04. The van der Waals surface area contributed by atoms with Gasteiger partial charge in [-0.1, -0.05) is 24.3 Å². The van der Waals surface area contributed by atoms with Gasteiger partial charge in [0, 0.05) is 36.7 Å². The van der Waals surface area contributed by atoms with E-state index in [1.54, 1.807) is 0 Å². The molecule has 2 heterocycles. The highest BCUT2D eigenvalue weighted by molar-refractivity contribution is 8.00. The molecule has 0 radical (unpaired) electrons. The zero-order valence-corrected chi connectivity index (χ0v) is 11.9. The number of fused-ring (bicyclic) bond motifs is 1. The average Bonchev–Trinajstić information content (AvgIpc) is 2.48. The molecule has 1 aromatic rings. The largest absolute Gasteiger partial charge is 0.392 e. The summed E-state index contributed by atoms with van der Waals surface area (Å²) in [5.41, 5.74) is 2.33. The summed E-state index contributed by atoms with van der Waals surface area (Å²) >= 11 is 2.07. The van der Waals surface area contributed by atoms with Crippen LogP contribution in [0.4, 0.5) is 0 Å². The normalized spacial score (nSPS) is 28.1. The number of thioether (sulfide) groups is 1. The van der Waals surface area contributed by atoms with Gasteiger partial charge in [0.25, 0.3) is 0 Å². The minimum Gasteiger partial charge on any atom is -0.392 e. The Labute approximate surface area is 118 Å². The number of aliphatic hydroxyl groups excluding tert-OH is 1. The summed E-state index contributed by atoms with van der Waals surface area (Å²) in [7, 11) is 0. The second-order valence-corrected chi connectivity index (χ2v) is 6.63. The second-order valence-electron chi connectivity index (χ2n) is 5.29. The summed E-state index contributed by atoms with van der Waals surface area (Å²) in [5, 5.41) is 9.73. The van der Waals surface area contributed by atoms with Gasteiger partial charge < -0.3 is 9.84 Å². The van der Waals surface area contributed by atoms with Gasteiger partial charge in [0.1, 0.15) is 0 Å². The Bertz CT molecular complexity index is 407. The highest BCUT2D eigenvalue weighted by atomic mass is 32.2. The van der Waals surface area contributed by atoms with E-state index in [1.165, 1.54) is 17.9 Å².